The average molecular weight is 314 g/mol. The van der Waals surface area contributed by atoms with E-state index >= 15 is 0 Å². The molecule has 0 saturated heterocycles. The van der Waals surface area contributed by atoms with E-state index in [0.29, 0.717) is 12.0 Å². The molecule has 0 aliphatic carbocycles. The summed E-state index contributed by atoms with van der Waals surface area (Å²) in [6, 6.07) is 10.9. The molecule has 0 aliphatic heterocycles. The van der Waals surface area contributed by atoms with Crippen LogP contribution in [0.2, 0.25) is 0 Å². The third kappa shape index (κ3) is 5.08. The summed E-state index contributed by atoms with van der Waals surface area (Å²) in [7, 11) is -4.42. The van der Waals surface area contributed by atoms with Crippen LogP contribution >= 0.6 is 0 Å². The monoisotopic (exact) mass is 314 g/mol. The zero-order valence-electron chi connectivity index (χ0n) is 12.6. The van der Waals surface area contributed by atoms with Gasteiger partial charge in [-0.05, 0) is 41.3 Å². The molecule has 0 saturated carbocycles. The topological polar surface area (TPSA) is 57.2 Å². The van der Waals surface area contributed by atoms with Crippen molar-refractivity contribution in [1.29, 1.82) is 0 Å². The van der Waals surface area contributed by atoms with E-state index in [2.05, 4.69) is 6.92 Å². The maximum absolute atomic E-state index is 11.4. The molecular weight excluding hydrogens is 295 g/mol. The van der Waals surface area contributed by atoms with E-state index in [9.17, 15) is 13.0 Å². The molecule has 0 unspecified atom stereocenters. The normalized spacial score (nSPS) is 11.3. The van der Waals surface area contributed by atoms with Crippen LogP contribution in [0.4, 0.5) is 0 Å². The Morgan fingerprint density at radius 1 is 1.00 bits per heavy atom. The smallest absolute Gasteiger partial charge is 0.744 e. The number of hydrogen-bond acceptors (Lipinski definition) is 3. The Morgan fingerprint density at radius 2 is 1.62 bits per heavy atom. The van der Waals surface area contributed by atoms with Crippen molar-refractivity contribution in [2.45, 2.75) is 43.9 Å². The van der Waals surface area contributed by atoms with Gasteiger partial charge in [0.25, 0.3) is 0 Å². The second kappa shape index (κ2) is 8.30. The van der Waals surface area contributed by atoms with Crippen molar-refractivity contribution in [1.82, 2.24) is 0 Å². The first-order chi connectivity index (χ1) is 9.52. The van der Waals surface area contributed by atoms with Gasteiger partial charge < -0.3 is 4.55 Å². The van der Waals surface area contributed by atoms with Gasteiger partial charge in [0.15, 0.2) is 0 Å². The second-order valence-corrected chi connectivity index (χ2v) is 6.42. The van der Waals surface area contributed by atoms with Gasteiger partial charge in [-0.15, -0.1) is 0 Å². The van der Waals surface area contributed by atoms with Gasteiger partial charge in [-0.3, -0.25) is 0 Å². The molecule has 0 heterocycles. The number of hydrogen-bond donors (Lipinski definition) is 0. The van der Waals surface area contributed by atoms with Gasteiger partial charge in [-0.2, -0.15) is 0 Å². The van der Waals surface area contributed by atoms with Crippen LogP contribution in [0.3, 0.4) is 0 Å². The third-order valence-electron chi connectivity index (χ3n) is 3.50. The van der Waals surface area contributed by atoms with Crippen LogP contribution in [0.25, 0.3) is 10.8 Å². The van der Waals surface area contributed by atoms with Crippen LogP contribution in [-0.2, 0) is 16.5 Å². The predicted octanol–water partition coefficient (Wildman–Crippen LogP) is 0.871. The van der Waals surface area contributed by atoms with E-state index in [1.54, 1.807) is 0 Å². The second-order valence-electron chi connectivity index (χ2n) is 5.07. The molecule has 108 valence electrons. The SMILES string of the molecule is CCCCCCc1cc2ccccc2cc1S(=O)(=O)[O-].[Na+]. The minimum atomic E-state index is -4.42. The number of aryl methyl sites for hydroxylation is 1. The fraction of sp³-hybridized carbons (Fsp3) is 0.375. The van der Waals surface area contributed by atoms with Gasteiger partial charge in [-0.1, -0.05) is 50.5 Å². The molecule has 5 heteroatoms. The number of benzene rings is 2. The molecule has 0 radical (unpaired) electrons. The molecule has 0 bridgehead atoms. The maximum atomic E-state index is 11.4. The molecule has 0 aliphatic rings. The Bertz CT molecular complexity index is 696. The zero-order chi connectivity index (χ0) is 14.6. The van der Waals surface area contributed by atoms with Crippen molar-refractivity contribution >= 4 is 20.9 Å². The average Bonchev–Trinajstić information content (AvgIpc) is 2.41. The number of fused-ring (bicyclic) bond motifs is 1. The number of rotatable bonds is 6. The summed E-state index contributed by atoms with van der Waals surface area (Å²) in [5.41, 5.74) is 0.648. The number of unbranched alkanes of at least 4 members (excludes halogenated alkanes) is 3. The van der Waals surface area contributed by atoms with Crippen LogP contribution in [0.15, 0.2) is 41.3 Å². The van der Waals surface area contributed by atoms with E-state index in [-0.39, 0.29) is 34.5 Å². The largest absolute Gasteiger partial charge is 1.00 e. The van der Waals surface area contributed by atoms with Crippen LogP contribution < -0.4 is 29.6 Å². The minimum Gasteiger partial charge on any atom is -0.744 e. The van der Waals surface area contributed by atoms with E-state index in [1.807, 2.05) is 30.3 Å². The van der Waals surface area contributed by atoms with Gasteiger partial charge in [-0.25, -0.2) is 8.42 Å². The van der Waals surface area contributed by atoms with Gasteiger partial charge in [0.2, 0.25) is 0 Å². The predicted molar refractivity (Wildman–Crippen MR) is 79.8 cm³/mol. The quantitative estimate of drug-likeness (QED) is 0.452. The van der Waals surface area contributed by atoms with E-state index in [1.165, 1.54) is 6.07 Å². The Kier molecular flexibility index (Phi) is 7.37. The van der Waals surface area contributed by atoms with Gasteiger partial charge in [0, 0.05) is 0 Å². The van der Waals surface area contributed by atoms with Gasteiger partial charge in [0.05, 0.1) is 4.90 Å². The molecule has 2 aromatic rings. The van der Waals surface area contributed by atoms with Crippen LogP contribution in [0.5, 0.6) is 0 Å². The van der Waals surface area contributed by atoms with Gasteiger partial charge in [0.1, 0.15) is 10.1 Å². The molecule has 2 aromatic carbocycles. The summed E-state index contributed by atoms with van der Waals surface area (Å²) in [5.74, 6) is 0. The van der Waals surface area contributed by atoms with Crippen LogP contribution in [0, 0.1) is 0 Å². The first-order valence-corrected chi connectivity index (χ1v) is 8.41. The molecule has 21 heavy (non-hydrogen) atoms. The first kappa shape index (κ1) is 18.7. The minimum absolute atomic E-state index is 0. The standard InChI is InChI=1S/C16H20O3S.Na/c1-2-3-4-5-10-15-11-13-8-6-7-9-14(13)12-16(15)20(17,18)19;/h6-9,11-12H,2-5,10H2,1H3,(H,17,18,19);/q;+1/p-1. The summed E-state index contributed by atoms with van der Waals surface area (Å²) in [4.78, 5) is -0.0623. The Morgan fingerprint density at radius 3 is 2.19 bits per heavy atom. The summed E-state index contributed by atoms with van der Waals surface area (Å²) < 4.78 is 34.3. The molecule has 2 rings (SSSR count). The van der Waals surface area contributed by atoms with Crippen molar-refractivity contribution in [3.8, 4) is 0 Å². The van der Waals surface area contributed by atoms with E-state index in [4.69, 9.17) is 0 Å². The fourth-order valence-electron chi connectivity index (χ4n) is 2.44. The van der Waals surface area contributed by atoms with Crippen molar-refractivity contribution in [2.24, 2.45) is 0 Å². The fourth-order valence-corrected chi connectivity index (χ4v) is 3.19. The first-order valence-electron chi connectivity index (χ1n) is 7.00. The van der Waals surface area contributed by atoms with E-state index in [0.717, 1.165) is 36.5 Å². The van der Waals surface area contributed by atoms with Crippen molar-refractivity contribution in [3.63, 3.8) is 0 Å². The molecule has 0 N–H and O–H groups in total. The van der Waals surface area contributed by atoms with Crippen LogP contribution in [0.1, 0.15) is 38.2 Å². The molecule has 0 fully saturated rings. The summed E-state index contributed by atoms with van der Waals surface area (Å²) in [6.45, 7) is 2.13. The van der Waals surface area contributed by atoms with Crippen molar-refractivity contribution in [3.05, 3.63) is 42.0 Å². The van der Waals surface area contributed by atoms with Crippen molar-refractivity contribution < 1.29 is 42.5 Å². The Balaban J connectivity index is 0.00000220. The molecule has 0 aromatic heterocycles. The van der Waals surface area contributed by atoms with Crippen molar-refractivity contribution in [2.75, 3.05) is 0 Å². The van der Waals surface area contributed by atoms with Gasteiger partial charge >= 0.3 is 29.6 Å². The molecule has 0 atom stereocenters. The Hall–Kier alpha value is -0.390. The molecule has 0 amide bonds. The molecular formula is C16H19NaO3S. The van der Waals surface area contributed by atoms with Crippen LogP contribution in [-0.4, -0.2) is 13.0 Å². The molecule has 3 nitrogen and oxygen atoms in total. The summed E-state index contributed by atoms with van der Waals surface area (Å²) in [6.07, 6.45) is 4.87. The summed E-state index contributed by atoms with van der Waals surface area (Å²) >= 11 is 0. The maximum Gasteiger partial charge on any atom is 1.00 e. The molecule has 0 spiro atoms. The zero-order valence-corrected chi connectivity index (χ0v) is 15.4. The third-order valence-corrected chi connectivity index (χ3v) is 4.42. The van der Waals surface area contributed by atoms with E-state index < -0.39 is 10.1 Å². The Labute approximate surface area is 148 Å². The summed E-state index contributed by atoms with van der Waals surface area (Å²) in [5, 5.41) is 1.77.